The van der Waals surface area contributed by atoms with E-state index in [1.807, 2.05) is 24.3 Å². The lowest BCUT2D eigenvalue weighted by Gasteiger charge is -2.25. The highest BCUT2D eigenvalue weighted by atomic mass is 79.9. The molecule has 0 atom stereocenters. The Bertz CT molecular complexity index is 656. The summed E-state index contributed by atoms with van der Waals surface area (Å²) in [5.41, 5.74) is -0.0653. The molecule has 22 heavy (non-hydrogen) atoms. The summed E-state index contributed by atoms with van der Waals surface area (Å²) < 4.78 is 19.5. The van der Waals surface area contributed by atoms with Crippen LogP contribution in [0.25, 0.3) is 0 Å². The van der Waals surface area contributed by atoms with Crippen LogP contribution in [0.4, 0.5) is 4.39 Å². The SMILES string of the molecule is CC(C)(Oc1ccc(F)cc1)C(=O)NCc1cccc(Br)c1. The molecule has 5 heteroatoms. The zero-order valence-corrected chi connectivity index (χ0v) is 14.0. The molecule has 1 amide bonds. The highest BCUT2D eigenvalue weighted by Gasteiger charge is 2.29. The Morgan fingerprint density at radius 1 is 1.23 bits per heavy atom. The summed E-state index contributed by atoms with van der Waals surface area (Å²) in [7, 11) is 0. The Kier molecular flexibility index (Phi) is 5.19. The first-order chi connectivity index (χ1) is 10.4. The van der Waals surface area contributed by atoms with Crippen LogP contribution < -0.4 is 10.1 Å². The predicted molar refractivity (Wildman–Crippen MR) is 87.1 cm³/mol. The maximum atomic E-state index is 12.9. The molecule has 0 aromatic heterocycles. The maximum Gasteiger partial charge on any atom is 0.263 e. The van der Waals surface area contributed by atoms with Crippen LogP contribution in [-0.4, -0.2) is 11.5 Å². The van der Waals surface area contributed by atoms with Crippen molar-refractivity contribution in [2.75, 3.05) is 0 Å². The molecule has 2 aromatic rings. The van der Waals surface area contributed by atoms with Crippen LogP contribution >= 0.6 is 15.9 Å². The van der Waals surface area contributed by atoms with Crippen LogP contribution in [0, 0.1) is 5.82 Å². The van der Waals surface area contributed by atoms with E-state index in [4.69, 9.17) is 4.74 Å². The highest BCUT2D eigenvalue weighted by molar-refractivity contribution is 9.10. The molecular formula is C17H17BrFNO2. The van der Waals surface area contributed by atoms with Gasteiger partial charge in [-0.15, -0.1) is 0 Å². The van der Waals surface area contributed by atoms with E-state index in [-0.39, 0.29) is 11.7 Å². The van der Waals surface area contributed by atoms with Crippen molar-refractivity contribution in [3.8, 4) is 5.75 Å². The smallest absolute Gasteiger partial charge is 0.263 e. The molecule has 0 heterocycles. The number of nitrogens with one attached hydrogen (secondary N) is 1. The molecule has 0 saturated carbocycles. The molecule has 0 spiro atoms. The number of carbonyl (C=O) groups is 1. The average Bonchev–Trinajstić information content (AvgIpc) is 2.47. The second kappa shape index (κ2) is 6.92. The van der Waals surface area contributed by atoms with Gasteiger partial charge in [-0.1, -0.05) is 28.1 Å². The predicted octanol–water partition coefficient (Wildman–Crippen LogP) is 4.06. The van der Waals surface area contributed by atoms with Crippen molar-refractivity contribution < 1.29 is 13.9 Å². The van der Waals surface area contributed by atoms with Crippen molar-refractivity contribution in [2.24, 2.45) is 0 Å². The summed E-state index contributed by atoms with van der Waals surface area (Å²) in [5.74, 6) is -0.134. The number of benzene rings is 2. The topological polar surface area (TPSA) is 38.3 Å². The number of halogens is 2. The molecule has 0 saturated heterocycles. The van der Waals surface area contributed by atoms with Crippen LogP contribution in [0.2, 0.25) is 0 Å². The molecule has 3 nitrogen and oxygen atoms in total. The number of amides is 1. The number of carbonyl (C=O) groups excluding carboxylic acids is 1. The number of hydrogen-bond acceptors (Lipinski definition) is 2. The molecule has 2 rings (SSSR count). The standard InChI is InChI=1S/C17H17BrFNO2/c1-17(2,22-15-8-6-14(19)7-9-15)16(21)20-11-12-4-3-5-13(18)10-12/h3-10H,11H2,1-2H3,(H,20,21). The molecule has 0 radical (unpaired) electrons. The average molecular weight is 366 g/mol. The lowest BCUT2D eigenvalue weighted by molar-refractivity contribution is -0.134. The van der Waals surface area contributed by atoms with Gasteiger partial charge in [0.1, 0.15) is 11.6 Å². The van der Waals surface area contributed by atoms with Gasteiger partial charge in [-0.05, 0) is 55.8 Å². The second-order valence-electron chi connectivity index (χ2n) is 5.38. The minimum atomic E-state index is -1.05. The van der Waals surface area contributed by atoms with E-state index in [9.17, 15) is 9.18 Å². The largest absolute Gasteiger partial charge is 0.478 e. The molecule has 0 fully saturated rings. The quantitative estimate of drug-likeness (QED) is 0.867. The van der Waals surface area contributed by atoms with Crippen molar-refractivity contribution in [1.82, 2.24) is 5.32 Å². The summed E-state index contributed by atoms with van der Waals surface area (Å²) >= 11 is 3.39. The molecule has 0 aliphatic carbocycles. The first kappa shape index (κ1) is 16.5. The molecule has 1 N–H and O–H groups in total. The minimum absolute atomic E-state index is 0.239. The number of rotatable bonds is 5. The maximum absolute atomic E-state index is 12.9. The van der Waals surface area contributed by atoms with Crippen LogP contribution in [0.3, 0.4) is 0 Å². The van der Waals surface area contributed by atoms with Crippen LogP contribution in [0.1, 0.15) is 19.4 Å². The van der Waals surface area contributed by atoms with E-state index in [1.54, 1.807) is 13.8 Å². The third-order valence-corrected chi connectivity index (χ3v) is 3.57. The van der Waals surface area contributed by atoms with E-state index in [2.05, 4.69) is 21.2 Å². The van der Waals surface area contributed by atoms with Gasteiger partial charge in [0, 0.05) is 11.0 Å². The van der Waals surface area contributed by atoms with E-state index >= 15 is 0 Å². The van der Waals surface area contributed by atoms with Gasteiger partial charge in [-0.3, -0.25) is 4.79 Å². The monoisotopic (exact) mass is 365 g/mol. The fraction of sp³-hybridized carbons (Fsp3) is 0.235. The van der Waals surface area contributed by atoms with Crippen molar-refractivity contribution in [3.05, 3.63) is 64.4 Å². The summed E-state index contributed by atoms with van der Waals surface area (Å²) in [6.07, 6.45) is 0. The summed E-state index contributed by atoms with van der Waals surface area (Å²) in [5, 5.41) is 2.84. The molecule has 0 bridgehead atoms. The van der Waals surface area contributed by atoms with Crippen molar-refractivity contribution in [2.45, 2.75) is 26.0 Å². The summed E-state index contributed by atoms with van der Waals surface area (Å²) in [6.45, 7) is 3.76. The van der Waals surface area contributed by atoms with Crippen LogP contribution in [0.5, 0.6) is 5.75 Å². The van der Waals surface area contributed by atoms with Gasteiger partial charge in [-0.2, -0.15) is 0 Å². The van der Waals surface area contributed by atoms with Crippen LogP contribution in [0.15, 0.2) is 53.0 Å². The molecule has 0 aliphatic rings. The zero-order chi connectivity index (χ0) is 16.2. The lowest BCUT2D eigenvalue weighted by atomic mass is 10.1. The molecule has 116 valence electrons. The van der Waals surface area contributed by atoms with Gasteiger partial charge in [0.25, 0.3) is 5.91 Å². The van der Waals surface area contributed by atoms with E-state index < -0.39 is 5.60 Å². The fourth-order valence-electron chi connectivity index (χ4n) is 1.89. The molecule has 0 unspecified atom stereocenters. The number of hydrogen-bond donors (Lipinski definition) is 1. The Morgan fingerprint density at radius 3 is 2.55 bits per heavy atom. The molecule has 2 aromatic carbocycles. The van der Waals surface area contributed by atoms with Crippen molar-refractivity contribution >= 4 is 21.8 Å². The van der Waals surface area contributed by atoms with Gasteiger partial charge in [0.2, 0.25) is 0 Å². The third kappa shape index (κ3) is 4.56. The Labute approximate surface area is 137 Å². The Morgan fingerprint density at radius 2 is 1.91 bits per heavy atom. The van der Waals surface area contributed by atoms with Gasteiger partial charge in [0.05, 0.1) is 0 Å². The van der Waals surface area contributed by atoms with Crippen LogP contribution in [-0.2, 0) is 11.3 Å². The Hall–Kier alpha value is -1.88. The lowest BCUT2D eigenvalue weighted by Crippen LogP contribution is -2.46. The first-order valence-electron chi connectivity index (χ1n) is 6.84. The highest BCUT2D eigenvalue weighted by Crippen LogP contribution is 2.19. The van der Waals surface area contributed by atoms with Gasteiger partial charge < -0.3 is 10.1 Å². The van der Waals surface area contributed by atoms with Crippen molar-refractivity contribution in [3.63, 3.8) is 0 Å². The molecular weight excluding hydrogens is 349 g/mol. The van der Waals surface area contributed by atoms with Gasteiger partial charge >= 0.3 is 0 Å². The summed E-state index contributed by atoms with van der Waals surface area (Å²) in [6, 6.07) is 13.3. The first-order valence-corrected chi connectivity index (χ1v) is 7.63. The minimum Gasteiger partial charge on any atom is -0.478 e. The normalized spacial score (nSPS) is 11.1. The van der Waals surface area contributed by atoms with Crippen molar-refractivity contribution in [1.29, 1.82) is 0 Å². The van der Waals surface area contributed by atoms with Gasteiger partial charge in [0.15, 0.2) is 5.60 Å². The van der Waals surface area contributed by atoms with Gasteiger partial charge in [-0.25, -0.2) is 4.39 Å². The third-order valence-electron chi connectivity index (χ3n) is 3.08. The number of ether oxygens (including phenoxy) is 1. The second-order valence-corrected chi connectivity index (χ2v) is 6.29. The molecule has 0 aliphatic heterocycles. The van der Waals surface area contributed by atoms with E-state index in [0.29, 0.717) is 12.3 Å². The van der Waals surface area contributed by atoms with E-state index in [0.717, 1.165) is 10.0 Å². The zero-order valence-electron chi connectivity index (χ0n) is 12.4. The fourth-order valence-corrected chi connectivity index (χ4v) is 2.33. The summed E-state index contributed by atoms with van der Waals surface area (Å²) in [4.78, 5) is 12.3. The van der Waals surface area contributed by atoms with E-state index in [1.165, 1.54) is 24.3 Å². The Balaban J connectivity index is 1.96.